The van der Waals surface area contributed by atoms with E-state index in [9.17, 15) is 0 Å². The van der Waals surface area contributed by atoms with E-state index >= 15 is 0 Å². The zero-order valence-electron chi connectivity index (χ0n) is 19.7. The van der Waals surface area contributed by atoms with Gasteiger partial charge in [0, 0.05) is 0 Å². The van der Waals surface area contributed by atoms with Crippen molar-refractivity contribution in [2.24, 2.45) is 5.73 Å². The second-order valence-electron chi connectivity index (χ2n) is 8.99. The Morgan fingerprint density at radius 1 is 0.556 bits per heavy atom. The van der Waals surface area contributed by atoms with Crippen molar-refractivity contribution in [3.05, 3.63) is 0 Å². The molecule has 164 valence electrons. The molecule has 0 saturated carbocycles. The summed E-state index contributed by atoms with van der Waals surface area (Å²) < 4.78 is 0. The monoisotopic (exact) mass is 382 g/mol. The quantitative estimate of drug-likeness (QED) is 0.161. The van der Waals surface area contributed by atoms with Gasteiger partial charge in [-0.2, -0.15) is 0 Å². The van der Waals surface area contributed by atoms with Crippen LogP contribution in [0.2, 0.25) is 0 Å². The molecule has 0 saturated heterocycles. The summed E-state index contributed by atoms with van der Waals surface area (Å²) in [6, 6.07) is 0. The van der Waals surface area contributed by atoms with Gasteiger partial charge in [0.1, 0.15) is 0 Å². The molecule has 0 aliphatic rings. The Hall–Kier alpha value is -0.0800. The van der Waals surface area contributed by atoms with E-state index in [1.165, 1.54) is 109 Å². The molecule has 0 fully saturated rings. The van der Waals surface area contributed by atoms with Crippen molar-refractivity contribution in [1.82, 2.24) is 4.90 Å². The van der Waals surface area contributed by atoms with Gasteiger partial charge in [0.05, 0.1) is 5.66 Å². The van der Waals surface area contributed by atoms with E-state index in [-0.39, 0.29) is 5.66 Å². The van der Waals surface area contributed by atoms with Crippen LogP contribution in [0.15, 0.2) is 0 Å². The standard InChI is InChI=1S/C25H54N2/c1-5-8-9-10-11-12-13-14-15-16-17-18-19-20-21-22-23-25(4,26)27(7-3)24-6-2/h5-24,26H2,1-4H3. The highest BCUT2D eigenvalue weighted by Gasteiger charge is 2.24. The Morgan fingerprint density at radius 2 is 0.926 bits per heavy atom. The van der Waals surface area contributed by atoms with Crippen molar-refractivity contribution in [1.29, 1.82) is 0 Å². The summed E-state index contributed by atoms with van der Waals surface area (Å²) in [5, 5.41) is 0. The predicted octanol–water partition coefficient (Wildman–Crippen LogP) is 8.04. The van der Waals surface area contributed by atoms with E-state index in [1.54, 1.807) is 0 Å². The summed E-state index contributed by atoms with van der Waals surface area (Å²) in [5.74, 6) is 0. The average molecular weight is 383 g/mol. The van der Waals surface area contributed by atoms with Gasteiger partial charge in [-0.25, -0.2) is 0 Å². The van der Waals surface area contributed by atoms with Crippen molar-refractivity contribution < 1.29 is 0 Å². The number of hydrogen-bond acceptors (Lipinski definition) is 2. The minimum atomic E-state index is -0.110. The summed E-state index contributed by atoms with van der Waals surface area (Å²) in [5.41, 5.74) is 6.43. The summed E-state index contributed by atoms with van der Waals surface area (Å²) >= 11 is 0. The van der Waals surface area contributed by atoms with Crippen molar-refractivity contribution in [3.63, 3.8) is 0 Å². The average Bonchev–Trinajstić information content (AvgIpc) is 2.65. The summed E-state index contributed by atoms with van der Waals surface area (Å²) in [4.78, 5) is 2.44. The molecule has 0 spiro atoms. The normalized spacial score (nSPS) is 14.0. The minimum Gasteiger partial charge on any atom is -0.313 e. The Kier molecular flexibility index (Phi) is 19.2. The number of hydrogen-bond donors (Lipinski definition) is 1. The van der Waals surface area contributed by atoms with Crippen LogP contribution in [0.4, 0.5) is 0 Å². The topological polar surface area (TPSA) is 29.3 Å². The predicted molar refractivity (Wildman–Crippen MR) is 124 cm³/mol. The van der Waals surface area contributed by atoms with E-state index in [0.717, 1.165) is 19.5 Å². The molecule has 0 aromatic rings. The minimum absolute atomic E-state index is 0.110. The number of rotatable bonds is 21. The summed E-state index contributed by atoms with van der Waals surface area (Å²) in [7, 11) is 0. The van der Waals surface area contributed by atoms with Crippen LogP contribution in [-0.2, 0) is 0 Å². The van der Waals surface area contributed by atoms with E-state index in [4.69, 9.17) is 5.73 Å². The first-order valence-electron chi connectivity index (χ1n) is 12.6. The Labute approximate surface area is 173 Å². The lowest BCUT2D eigenvalue weighted by Crippen LogP contribution is -2.53. The first kappa shape index (κ1) is 26.9. The molecular weight excluding hydrogens is 328 g/mol. The van der Waals surface area contributed by atoms with Gasteiger partial charge in [-0.1, -0.05) is 124 Å². The Morgan fingerprint density at radius 3 is 1.26 bits per heavy atom. The van der Waals surface area contributed by atoms with Crippen LogP contribution >= 0.6 is 0 Å². The molecule has 0 rings (SSSR count). The highest BCUT2D eigenvalue weighted by Crippen LogP contribution is 2.19. The molecule has 1 unspecified atom stereocenters. The highest BCUT2D eigenvalue weighted by molar-refractivity contribution is 4.78. The molecule has 0 amide bonds. The number of nitrogens with two attached hydrogens (primary N) is 1. The zero-order chi connectivity index (χ0) is 20.2. The van der Waals surface area contributed by atoms with Crippen molar-refractivity contribution in [2.75, 3.05) is 13.1 Å². The largest absolute Gasteiger partial charge is 0.313 e. The van der Waals surface area contributed by atoms with Crippen LogP contribution in [-0.4, -0.2) is 23.7 Å². The van der Waals surface area contributed by atoms with Gasteiger partial charge >= 0.3 is 0 Å². The molecule has 0 aromatic carbocycles. The maximum atomic E-state index is 6.54. The molecule has 0 aromatic heterocycles. The molecule has 2 heteroatoms. The van der Waals surface area contributed by atoms with Crippen molar-refractivity contribution in [2.45, 2.75) is 149 Å². The number of nitrogens with zero attached hydrogens (tertiary/aromatic N) is 1. The molecule has 0 heterocycles. The van der Waals surface area contributed by atoms with Crippen LogP contribution in [0.25, 0.3) is 0 Å². The van der Waals surface area contributed by atoms with E-state index in [1.807, 2.05) is 0 Å². The van der Waals surface area contributed by atoms with Gasteiger partial charge in [-0.3, -0.25) is 4.90 Å². The third-order valence-electron chi connectivity index (χ3n) is 6.13. The third-order valence-corrected chi connectivity index (χ3v) is 6.13. The van der Waals surface area contributed by atoms with Gasteiger partial charge < -0.3 is 5.73 Å². The fourth-order valence-electron chi connectivity index (χ4n) is 4.23. The van der Waals surface area contributed by atoms with Gasteiger partial charge in [-0.05, 0) is 32.9 Å². The molecule has 0 aliphatic carbocycles. The fraction of sp³-hybridized carbons (Fsp3) is 1.00. The second-order valence-corrected chi connectivity index (χ2v) is 8.99. The van der Waals surface area contributed by atoms with Gasteiger partial charge in [0.2, 0.25) is 0 Å². The molecule has 0 bridgehead atoms. The molecule has 0 aliphatic heterocycles. The third kappa shape index (κ3) is 16.6. The molecule has 27 heavy (non-hydrogen) atoms. The fourth-order valence-corrected chi connectivity index (χ4v) is 4.23. The maximum absolute atomic E-state index is 6.54. The van der Waals surface area contributed by atoms with Crippen LogP contribution in [0, 0.1) is 0 Å². The molecule has 2 N–H and O–H groups in total. The van der Waals surface area contributed by atoms with Crippen LogP contribution in [0.5, 0.6) is 0 Å². The lowest BCUT2D eigenvalue weighted by atomic mass is 10.00. The van der Waals surface area contributed by atoms with Gasteiger partial charge in [-0.15, -0.1) is 0 Å². The van der Waals surface area contributed by atoms with Crippen LogP contribution in [0.1, 0.15) is 143 Å². The number of unbranched alkanes of at least 4 members (excludes halogenated alkanes) is 15. The van der Waals surface area contributed by atoms with Crippen LogP contribution in [0.3, 0.4) is 0 Å². The summed E-state index contributed by atoms with van der Waals surface area (Å²) in [6.07, 6.45) is 25.2. The second kappa shape index (κ2) is 19.2. The lowest BCUT2D eigenvalue weighted by molar-refractivity contribution is 0.103. The van der Waals surface area contributed by atoms with E-state index in [2.05, 4.69) is 32.6 Å². The van der Waals surface area contributed by atoms with Crippen molar-refractivity contribution in [3.8, 4) is 0 Å². The Bertz CT molecular complexity index is 288. The highest BCUT2D eigenvalue weighted by atomic mass is 15.3. The SMILES string of the molecule is CCCCCCCCCCCCCCCCCCC(C)(N)N(CC)CCC. The smallest absolute Gasteiger partial charge is 0.0658 e. The molecular formula is C25H54N2. The van der Waals surface area contributed by atoms with Crippen molar-refractivity contribution >= 4 is 0 Å². The first-order valence-corrected chi connectivity index (χ1v) is 12.6. The van der Waals surface area contributed by atoms with Gasteiger partial charge in [0.25, 0.3) is 0 Å². The molecule has 1 atom stereocenters. The van der Waals surface area contributed by atoms with E-state index < -0.39 is 0 Å². The zero-order valence-corrected chi connectivity index (χ0v) is 19.7. The Balaban J connectivity index is 3.33. The summed E-state index contributed by atoms with van der Waals surface area (Å²) in [6.45, 7) is 11.2. The molecule has 2 nitrogen and oxygen atoms in total. The maximum Gasteiger partial charge on any atom is 0.0658 e. The van der Waals surface area contributed by atoms with E-state index in [0.29, 0.717) is 0 Å². The lowest BCUT2D eigenvalue weighted by Gasteiger charge is -2.37. The first-order chi connectivity index (χ1) is 13.1. The van der Waals surface area contributed by atoms with Gasteiger partial charge in [0.15, 0.2) is 0 Å². The van der Waals surface area contributed by atoms with Crippen LogP contribution < -0.4 is 5.73 Å². The molecule has 0 radical (unpaired) electrons.